The van der Waals surface area contributed by atoms with Crippen molar-refractivity contribution in [3.05, 3.63) is 119 Å². The Bertz CT molecular complexity index is 1040. The van der Waals surface area contributed by atoms with E-state index in [2.05, 4.69) is 84.2 Å². The van der Waals surface area contributed by atoms with E-state index in [1.807, 2.05) is 24.3 Å². The van der Waals surface area contributed by atoms with Crippen LogP contribution in [0.5, 0.6) is 0 Å². The minimum Gasteiger partial charge on any atom is -0.355 e. The summed E-state index contributed by atoms with van der Waals surface area (Å²) in [6.45, 7) is 0. The summed E-state index contributed by atoms with van der Waals surface area (Å²) in [6, 6.07) is 35.7. The van der Waals surface area contributed by atoms with Crippen LogP contribution in [0, 0.1) is 0 Å². The first-order valence-corrected chi connectivity index (χ1v) is 9.90. The maximum Gasteiger partial charge on any atom is 0.0426 e. The van der Waals surface area contributed by atoms with Crippen LogP contribution in [-0.4, -0.2) is 0 Å². The molecule has 0 aliphatic heterocycles. The minimum absolute atomic E-state index is 0.730. The number of anilines is 2. The monoisotopic (exact) mass is 383 g/mol. The van der Waals surface area contributed by atoms with Crippen molar-refractivity contribution in [1.29, 1.82) is 0 Å². The standard InChI is InChI=1S/C26H22ClN/c27-24-10-5-11-26(19-24)28-25-16-14-22(15-17-25)23-9-4-8-21(18-23)13-12-20-6-2-1-3-7-20/h1-11,14-19,28H,12-13H2. The Kier molecular flexibility index (Phi) is 5.75. The van der Waals surface area contributed by atoms with Crippen LogP contribution in [0.4, 0.5) is 11.4 Å². The van der Waals surface area contributed by atoms with Gasteiger partial charge in [-0.2, -0.15) is 0 Å². The van der Waals surface area contributed by atoms with Gasteiger partial charge in [-0.05, 0) is 65.4 Å². The van der Waals surface area contributed by atoms with Gasteiger partial charge in [0.15, 0.2) is 0 Å². The van der Waals surface area contributed by atoms with Crippen LogP contribution < -0.4 is 5.32 Å². The number of halogens is 1. The third-order valence-corrected chi connectivity index (χ3v) is 5.04. The molecule has 0 amide bonds. The number of aryl methyl sites for hydroxylation is 2. The molecule has 0 aromatic heterocycles. The van der Waals surface area contributed by atoms with Crippen LogP contribution in [0.3, 0.4) is 0 Å². The van der Waals surface area contributed by atoms with Gasteiger partial charge >= 0.3 is 0 Å². The summed E-state index contributed by atoms with van der Waals surface area (Å²) < 4.78 is 0. The molecule has 2 heteroatoms. The summed E-state index contributed by atoms with van der Waals surface area (Å²) >= 11 is 6.06. The highest BCUT2D eigenvalue weighted by Crippen LogP contribution is 2.25. The summed E-state index contributed by atoms with van der Waals surface area (Å²) in [5.41, 5.74) is 7.25. The minimum atomic E-state index is 0.730. The Morgan fingerprint density at radius 3 is 2.04 bits per heavy atom. The third kappa shape index (κ3) is 4.82. The molecule has 4 aromatic carbocycles. The maximum atomic E-state index is 6.06. The van der Waals surface area contributed by atoms with Gasteiger partial charge in [0, 0.05) is 16.4 Å². The molecule has 0 radical (unpaired) electrons. The average molecular weight is 384 g/mol. The fourth-order valence-corrected chi connectivity index (χ4v) is 3.51. The Morgan fingerprint density at radius 2 is 1.25 bits per heavy atom. The van der Waals surface area contributed by atoms with E-state index in [-0.39, 0.29) is 0 Å². The van der Waals surface area contributed by atoms with Crippen molar-refractivity contribution < 1.29 is 0 Å². The lowest BCUT2D eigenvalue weighted by Crippen LogP contribution is -1.92. The van der Waals surface area contributed by atoms with E-state index in [9.17, 15) is 0 Å². The fraction of sp³-hybridized carbons (Fsp3) is 0.0769. The topological polar surface area (TPSA) is 12.0 Å². The van der Waals surface area contributed by atoms with E-state index in [4.69, 9.17) is 11.6 Å². The molecule has 0 heterocycles. The Balaban J connectivity index is 1.45. The zero-order valence-corrected chi connectivity index (χ0v) is 16.4. The van der Waals surface area contributed by atoms with E-state index in [0.29, 0.717) is 0 Å². The molecular formula is C26H22ClN. The molecule has 0 spiro atoms. The second-order valence-corrected chi connectivity index (χ2v) is 7.34. The van der Waals surface area contributed by atoms with Crippen LogP contribution in [0.1, 0.15) is 11.1 Å². The first kappa shape index (κ1) is 18.3. The Hall–Kier alpha value is -3.03. The number of hydrogen-bond donors (Lipinski definition) is 1. The van der Waals surface area contributed by atoms with Gasteiger partial charge in [0.2, 0.25) is 0 Å². The highest BCUT2D eigenvalue weighted by Gasteiger charge is 2.02. The molecule has 1 nitrogen and oxygen atoms in total. The maximum absolute atomic E-state index is 6.06. The lowest BCUT2D eigenvalue weighted by Gasteiger charge is -2.09. The van der Waals surface area contributed by atoms with Gasteiger partial charge in [-0.1, -0.05) is 84.4 Å². The second-order valence-electron chi connectivity index (χ2n) is 6.90. The van der Waals surface area contributed by atoms with E-state index >= 15 is 0 Å². The molecule has 4 aromatic rings. The quantitative estimate of drug-likeness (QED) is 0.362. The highest BCUT2D eigenvalue weighted by molar-refractivity contribution is 6.30. The van der Waals surface area contributed by atoms with Crippen LogP contribution in [0.25, 0.3) is 11.1 Å². The van der Waals surface area contributed by atoms with Crippen LogP contribution >= 0.6 is 11.6 Å². The summed E-state index contributed by atoms with van der Waals surface area (Å²) in [5.74, 6) is 0. The number of nitrogens with one attached hydrogen (secondary N) is 1. The van der Waals surface area contributed by atoms with Gasteiger partial charge in [-0.15, -0.1) is 0 Å². The second kappa shape index (κ2) is 8.77. The molecule has 0 aliphatic rings. The predicted molar refractivity (Wildman–Crippen MR) is 120 cm³/mol. The lowest BCUT2D eigenvalue weighted by atomic mass is 9.99. The molecule has 28 heavy (non-hydrogen) atoms. The first-order valence-electron chi connectivity index (χ1n) is 9.52. The lowest BCUT2D eigenvalue weighted by molar-refractivity contribution is 0.961. The molecule has 0 bridgehead atoms. The number of benzene rings is 4. The summed E-state index contributed by atoms with van der Waals surface area (Å²) in [7, 11) is 0. The van der Waals surface area contributed by atoms with Crippen molar-refractivity contribution in [3.8, 4) is 11.1 Å². The summed E-state index contributed by atoms with van der Waals surface area (Å²) in [5, 5.41) is 4.12. The molecular weight excluding hydrogens is 362 g/mol. The van der Waals surface area contributed by atoms with Gasteiger partial charge in [-0.25, -0.2) is 0 Å². The van der Waals surface area contributed by atoms with E-state index in [1.54, 1.807) is 0 Å². The normalized spacial score (nSPS) is 10.6. The average Bonchev–Trinajstić information content (AvgIpc) is 2.74. The molecule has 0 saturated carbocycles. The van der Waals surface area contributed by atoms with Gasteiger partial charge in [-0.3, -0.25) is 0 Å². The predicted octanol–water partition coefficient (Wildman–Crippen LogP) is 7.54. The Morgan fingerprint density at radius 1 is 0.536 bits per heavy atom. The first-order chi connectivity index (χ1) is 13.8. The molecule has 138 valence electrons. The highest BCUT2D eigenvalue weighted by atomic mass is 35.5. The van der Waals surface area contributed by atoms with Crippen molar-refractivity contribution in [2.24, 2.45) is 0 Å². The van der Waals surface area contributed by atoms with Gasteiger partial charge in [0.1, 0.15) is 0 Å². The van der Waals surface area contributed by atoms with Gasteiger partial charge in [0.25, 0.3) is 0 Å². The van der Waals surface area contributed by atoms with Crippen molar-refractivity contribution in [3.63, 3.8) is 0 Å². The molecule has 0 atom stereocenters. The van der Waals surface area contributed by atoms with E-state index in [0.717, 1.165) is 29.2 Å². The Labute approximate surface area is 171 Å². The zero-order chi connectivity index (χ0) is 19.2. The van der Waals surface area contributed by atoms with Gasteiger partial charge < -0.3 is 5.32 Å². The zero-order valence-electron chi connectivity index (χ0n) is 15.6. The van der Waals surface area contributed by atoms with Crippen molar-refractivity contribution in [2.75, 3.05) is 5.32 Å². The van der Waals surface area contributed by atoms with E-state index < -0.39 is 0 Å². The smallest absolute Gasteiger partial charge is 0.0426 e. The number of hydrogen-bond acceptors (Lipinski definition) is 1. The SMILES string of the molecule is Clc1cccc(Nc2ccc(-c3cccc(CCc4ccccc4)c3)cc2)c1. The molecule has 0 unspecified atom stereocenters. The largest absolute Gasteiger partial charge is 0.355 e. The summed E-state index contributed by atoms with van der Waals surface area (Å²) in [6.07, 6.45) is 2.11. The van der Waals surface area contributed by atoms with Crippen molar-refractivity contribution in [1.82, 2.24) is 0 Å². The molecule has 4 rings (SSSR count). The van der Waals surface area contributed by atoms with Crippen molar-refractivity contribution in [2.45, 2.75) is 12.8 Å². The molecule has 0 aliphatic carbocycles. The van der Waals surface area contributed by atoms with Crippen LogP contribution in [0.15, 0.2) is 103 Å². The number of rotatable bonds is 6. The molecule has 0 saturated heterocycles. The molecule has 0 fully saturated rings. The van der Waals surface area contributed by atoms with Gasteiger partial charge in [0.05, 0.1) is 0 Å². The summed E-state index contributed by atoms with van der Waals surface area (Å²) in [4.78, 5) is 0. The third-order valence-electron chi connectivity index (χ3n) is 4.80. The van der Waals surface area contributed by atoms with E-state index in [1.165, 1.54) is 22.3 Å². The fourth-order valence-electron chi connectivity index (χ4n) is 3.32. The van der Waals surface area contributed by atoms with Crippen LogP contribution in [0.2, 0.25) is 5.02 Å². The van der Waals surface area contributed by atoms with Crippen molar-refractivity contribution >= 4 is 23.0 Å². The van der Waals surface area contributed by atoms with Crippen LogP contribution in [-0.2, 0) is 12.8 Å². The molecule has 1 N–H and O–H groups in total.